The highest BCUT2D eigenvalue weighted by Crippen LogP contribution is 2.20. The highest BCUT2D eigenvalue weighted by molar-refractivity contribution is 5.92. The number of aromatic amines is 1. The van der Waals surface area contributed by atoms with Crippen LogP contribution in [0, 0.1) is 11.8 Å². The van der Waals surface area contributed by atoms with E-state index in [9.17, 15) is 38.7 Å². The van der Waals surface area contributed by atoms with Crippen molar-refractivity contribution < 1.29 is 67.1 Å². The van der Waals surface area contributed by atoms with Gasteiger partial charge < -0.3 is 71.2 Å². The van der Waals surface area contributed by atoms with Gasteiger partial charge in [0.1, 0.15) is 25.6 Å². The average molecular weight is 1070 g/mol. The number of rotatable bonds is 55. The molecule has 10 N–H and O–H groups in total. The third-order valence-corrected chi connectivity index (χ3v) is 12.2. The number of ketones is 2. The van der Waals surface area contributed by atoms with Crippen molar-refractivity contribution in [2.24, 2.45) is 23.3 Å². The number of carbonyl (C=O) groups is 7. The molecule has 1 rings (SSSR count). The first-order valence-corrected chi connectivity index (χ1v) is 27.7. The van der Waals surface area contributed by atoms with Gasteiger partial charge in [-0.25, -0.2) is 4.98 Å². The molecule has 0 aromatic carbocycles. The quantitative estimate of drug-likeness (QED) is 0.0435. The van der Waals surface area contributed by atoms with Crippen molar-refractivity contribution in [3.63, 3.8) is 0 Å². The third kappa shape index (κ3) is 42.4. The van der Waals surface area contributed by atoms with E-state index < -0.39 is 30.4 Å². The molecule has 22 heteroatoms. The lowest BCUT2D eigenvalue weighted by atomic mass is 9.85. The highest BCUT2D eigenvalue weighted by atomic mass is 16.5. The minimum absolute atomic E-state index is 0.0517. The molecule has 3 atom stereocenters. The van der Waals surface area contributed by atoms with Crippen molar-refractivity contribution in [3.8, 4) is 0 Å². The molecule has 1 aromatic rings. The molecule has 1 aromatic heterocycles. The minimum Gasteiger partial charge on any atom is -0.396 e. The summed E-state index contributed by atoms with van der Waals surface area (Å²) in [5, 5.41) is 20.5. The zero-order valence-corrected chi connectivity index (χ0v) is 45.3. The number of hydrogen-bond acceptors (Lipinski definition) is 16. The zero-order valence-electron chi connectivity index (χ0n) is 45.3. The van der Waals surface area contributed by atoms with E-state index in [4.69, 9.17) is 39.9 Å². The van der Waals surface area contributed by atoms with Gasteiger partial charge >= 0.3 is 0 Å². The lowest BCUT2D eigenvalue weighted by Crippen LogP contribution is -2.36. The Labute approximate surface area is 446 Å². The van der Waals surface area contributed by atoms with Gasteiger partial charge in [0.2, 0.25) is 29.5 Å². The predicted molar refractivity (Wildman–Crippen MR) is 283 cm³/mol. The number of nitrogens with two attached hydrogens (primary N) is 2. The second-order valence-corrected chi connectivity index (χ2v) is 18.8. The van der Waals surface area contributed by atoms with E-state index in [1.54, 1.807) is 6.20 Å². The Morgan fingerprint density at radius 1 is 0.533 bits per heavy atom. The van der Waals surface area contributed by atoms with E-state index in [1.165, 1.54) is 89.8 Å². The van der Waals surface area contributed by atoms with Crippen molar-refractivity contribution >= 4 is 41.1 Å². The number of H-pyrrole nitrogens is 1. The topological polar surface area (TPSA) is 324 Å². The minimum atomic E-state index is -1.05. The summed E-state index contributed by atoms with van der Waals surface area (Å²) < 4.78 is 32.3. The SMILES string of the molecule is CCCCCCCCCCCCCCCCCC(=O)NCCOCCOCC(=O)NCCOCCOCC(=O)NCCOCCOCC(=O)NCCCC[C@H](CC(=O)[C@@H](N)Cc1cnc[nH]1)C(=O)C[C@@H](CO)C(N)=O. The normalized spacial score (nSPS) is 12.5. The maximum Gasteiger partial charge on any atom is 0.246 e. The fraction of sp³-hybridized carbons (Fsp3) is 0.811. The van der Waals surface area contributed by atoms with Gasteiger partial charge in [0, 0.05) is 69.7 Å². The first-order chi connectivity index (χ1) is 36.5. The second-order valence-electron chi connectivity index (χ2n) is 18.8. The lowest BCUT2D eigenvalue weighted by Gasteiger charge is -2.19. The number of amides is 5. The second kappa shape index (κ2) is 49.2. The fourth-order valence-electron chi connectivity index (χ4n) is 7.77. The van der Waals surface area contributed by atoms with Crippen LogP contribution >= 0.6 is 0 Å². The van der Waals surface area contributed by atoms with Crippen LogP contribution in [0.3, 0.4) is 0 Å². The van der Waals surface area contributed by atoms with Crippen LogP contribution in [0.5, 0.6) is 0 Å². The molecule has 0 saturated carbocycles. The Morgan fingerprint density at radius 3 is 1.40 bits per heavy atom. The van der Waals surface area contributed by atoms with Crippen molar-refractivity contribution in [2.45, 2.75) is 154 Å². The first kappa shape index (κ1) is 68.6. The summed E-state index contributed by atoms with van der Waals surface area (Å²) in [4.78, 5) is 92.6. The summed E-state index contributed by atoms with van der Waals surface area (Å²) in [5.74, 6) is -4.15. The van der Waals surface area contributed by atoms with E-state index in [1.807, 2.05) is 0 Å². The summed E-state index contributed by atoms with van der Waals surface area (Å²) in [6, 6.07) is -0.856. The maximum absolute atomic E-state index is 13.0. The molecule has 75 heavy (non-hydrogen) atoms. The lowest BCUT2D eigenvalue weighted by molar-refractivity contribution is -0.132. The van der Waals surface area contributed by atoms with Gasteiger partial charge in [-0.3, -0.25) is 33.6 Å². The number of aliphatic hydroxyl groups excluding tert-OH is 1. The number of unbranched alkanes of at least 4 members (excludes halogenated alkanes) is 15. The molecule has 0 spiro atoms. The van der Waals surface area contributed by atoms with Crippen molar-refractivity contribution in [3.05, 3.63) is 18.2 Å². The number of primary amides is 1. The van der Waals surface area contributed by atoms with Crippen LogP contribution < -0.4 is 32.7 Å². The number of nitrogens with zero attached hydrogens (tertiary/aromatic N) is 1. The van der Waals surface area contributed by atoms with Crippen molar-refractivity contribution in [1.29, 1.82) is 0 Å². The van der Waals surface area contributed by atoms with E-state index in [-0.39, 0.29) is 134 Å². The van der Waals surface area contributed by atoms with Crippen LogP contribution in [0.4, 0.5) is 0 Å². The molecular weight excluding hydrogens is 973 g/mol. The Hall–Kier alpha value is -4.42. The molecular formula is C53H96N8O14. The smallest absolute Gasteiger partial charge is 0.246 e. The molecule has 0 bridgehead atoms. The van der Waals surface area contributed by atoms with Gasteiger partial charge in [-0.1, -0.05) is 103 Å². The van der Waals surface area contributed by atoms with E-state index >= 15 is 0 Å². The number of hydrogen-bond donors (Lipinski definition) is 8. The summed E-state index contributed by atoms with van der Waals surface area (Å²) in [6.45, 7) is 4.74. The Balaban J connectivity index is 1.91. The summed E-state index contributed by atoms with van der Waals surface area (Å²) in [7, 11) is 0. The predicted octanol–water partition coefficient (Wildman–Crippen LogP) is 2.90. The zero-order chi connectivity index (χ0) is 54.8. The molecule has 0 aliphatic rings. The third-order valence-electron chi connectivity index (χ3n) is 12.2. The molecule has 0 fully saturated rings. The van der Waals surface area contributed by atoms with E-state index in [0.717, 1.165) is 12.8 Å². The van der Waals surface area contributed by atoms with Gasteiger partial charge in [0.25, 0.3) is 0 Å². The summed E-state index contributed by atoms with van der Waals surface area (Å²) in [5.41, 5.74) is 12.1. The molecule has 0 unspecified atom stereocenters. The molecule has 0 aliphatic heterocycles. The van der Waals surface area contributed by atoms with Crippen molar-refractivity contribution in [2.75, 3.05) is 112 Å². The van der Waals surface area contributed by atoms with Gasteiger partial charge in [-0.15, -0.1) is 0 Å². The number of aliphatic hydroxyl groups is 1. The van der Waals surface area contributed by atoms with Crippen LogP contribution in [0.25, 0.3) is 0 Å². The molecule has 0 radical (unpaired) electrons. The molecule has 1 heterocycles. The van der Waals surface area contributed by atoms with Crippen LogP contribution in [0.15, 0.2) is 12.5 Å². The fourth-order valence-corrected chi connectivity index (χ4v) is 7.77. The number of carbonyl (C=O) groups excluding carboxylic acids is 7. The number of ether oxygens (including phenoxy) is 6. The average Bonchev–Trinajstić information content (AvgIpc) is 3.91. The Bertz CT molecular complexity index is 1630. The number of imidazole rings is 1. The Kier molecular flexibility index (Phi) is 45.0. The standard InChI is InChI=1S/C53H96N8O14/c1-2-3-4-5-6-7-8-9-10-11-12-13-14-15-16-20-49(65)58-22-25-70-28-32-74-40-51(67)60-24-27-72-30-33-75-41-52(68)59-23-26-71-29-31-73-39-50(66)57-21-18-17-19-43(47(63)35-44(38-62)53(55)69)34-48(64)46(54)36-45-37-56-42-61-45/h37,42-44,46,62H,2-36,38-41,54H2,1H3,(H2,55,69)(H,56,61)(H,57,66)(H,58,65)(H,59,68)(H,60,67)/t43-,44+,46+/m1/s1. The summed E-state index contributed by atoms with van der Waals surface area (Å²) >= 11 is 0. The molecule has 432 valence electrons. The summed E-state index contributed by atoms with van der Waals surface area (Å²) in [6.07, 6.45) is 24.2. The molecule has 0 saturated heterocycles. The molecule has 5 amide bonds. The largest absolute Gasteiger partial charge is 0.396 e. The van der Waals surface area contributed by atoms with Crippen LogP contribution in [-0.4, -0.2) is 174 Å². The van der Waals surface area contributed by atoms with Gasteiger partial charge in [0.05, 0.1) is 84.4 Å². The van der Waals surface area contributed by atoms with Crippen LogP contribution in [-0.2, 0) is 68.4 Å². The van der Waals surface area contributed by atoms with Gasteiger partial charge in [-0.05, 0) is 19.3 Å². The molecule has 0 aliphatic carbocycles. The van der Waals surface area contributed by atoms with Crippen LogP contribution in [0.2, 0.25) is 0 Å². The Morgan fingerprint density at radius 2 is 0.960 bits per heavy atom. The van der Waals surface area contributed by atoms with Crippen molar-refractivity contribution in [1.82, 2.24) is 31.2 Å². The van der Waals surface area contributed by atoms with E-state index in [0.29, 0.717) is 57.7 Å². The van der Waals surface area contributed by atoms with Gasteiger partial charge in [-0.2, -0.15) is 0 Å². The monoisotopic (exact) mass is 1070 g/mol. The van der Waals surface area contributed by atoms with E-state index in [2.05, 4.69) is 38.2 Å². The highest BCUT2D eigenvalue weighted by Gasteiger charge is 2.28. The maximum atomic E-state index is 13.0. The first-order valence-electron chi connectivity index (χ1n) is 27.7. The number of aromatic nitrogens is 2. The van der Waals surface area contributed by atoms with Crippen LogP contribution in [0.1, 0.15) is 147 Å². The molecule has 22 nitrogen and oxygen atoms in total. The van der Waals surface area contributed by atoms with Gasteiger partial charge in [0.15, 0.2) is 5.78 Å². The number of nitrogens with one attached hydrogen (secondary N) is 5. The number of Topliss-reactive ketones (excluding diaryl/α,β-unsaturated/α-hetero) is 2.